The molecule has 0 spiro atoms. The van der Waals surface area contributed by atoms with Crippen LogP contribution in [0, 0.1) is 13.8 Å². The van der Waals surface area contributed by atoms with Gasteiger partial charge in [-0.25, -0.2) is 8.42 Å². The van der Waals surface area contributed by atoms with Gasteiger partial charge in [0.15, 0.2) is 0 Å². The van der Waals surface area contributed by atoms with Crippen molar-refractivity contribution in [2.75, 3.05) is 13.6 Å². The summed E-state index contributed by atoms with van der Waals surface area (Å²) in [4.78, 5) is 25.8. The van der Waals surface area contributed by atoms with Gasteiger partial charge in [-0.1, -0.05) is 24.6 Å². The van der Waals surface area contributed by atoms with Crippen LogP contribution in [-0.2, 0) is 21.2 Å². The molecule has 0 saturated heterocycles. The van der Waals surface area contributed by atoms with Crippen LogP contribution in [0.25, 0.3) is 0 Å². The molecule has 0 aliphatic rings. The second-order valence-corrected chi connectivity index (χ2v) is 9.42. The zero-order valence-corrected chi connectivity index (χ0v) is 17.3. The number of hydrazine groups is 1. The summed E-state index contributed by atoms with van der Waals surface area (Å²) in [5, 5.41) is 0. The predicted molar refractivity (Wildman–Crippen MR) is 105 cm³/mol. The lowest BCUT2D eigenvalue weighted by molar-refractivity contribution is -0.121. The Morgan fingerprint density at radius 3 is 2.30 bits per heavy atom. The van der Waals surface area contributed by atoms with Crippen molar-refractivity contribution in [3.8, 4) is 0 Å². The van der Waals surface area contributed by atoms with Crippen molar-refractivity contribution in [3.05, 3.63) is 51.2 Å². The van der Waals surface area contributed by atoms with Gasteiger partial charge in [-0.2, -0.15) is 4.31 Å². The highest BCUT2D eigenvalue weighted by atomic mass is 32.2. The van der Waals surface area contributed by atoms with E-state index in [1.54, 1.807) is 18.2 Å². The quantitative estimate of drug-likeness (QED) is 0.714. The van der Waals surface area contributed by atoms with Crippen LogP contribution in [0.15, 0.2) is 35.2 Å². The first-order chi connectivity index (χ1) is 12.6. The van der Waals surface area contributed by atoms with Crippen molar-refractivity contribution in [2.45, 2.75) is 32.1 Å². The van der Waals surface area contributed by atoms with Gasteiger partial charge in [-0.3, -0.25) is 20.4 Å². The average molecular weight is 410 g/mol. The molecular weight excluding hydrogens is 386 g/mol. The van der Waals surface area contributed by atoms with Gasteiger partial charge < -0.3 is 0 Å². The number of hydrogen-bond donors (Lipinski definition) is 2. The van der Waals surface area contributed by atoms with Gasteiger partial charge in [-0.15, -0.1) is 11.3 Å². The van der Waals surface area contributed by atoms with Gasteiger partial charge in [0.25, 0.3) is 11.8 Å². The summed E-state index contributed by atoms with van der Waals surface area (Å²) < 4.78 is 25.9. The second-order valence-electron chi connectivity index (χ2n) is 6.12. The molecule has 0 bridgehead atoms. The molecule has 2 N–H and O–H groups in total. The van der Waals surface area contributed by atoms with E-state index < -0.39 is 28.4 Å². The largest absolute Gasteiger partial charge is 0.279 e. The number of nitrogens with zero attached hydrogens (tertiary/aromatic N) is 1. The molecule has 27 heavy (non-hydrogen) atoms. The van der Waals surface area contributed by atoms with Crippen molar-refractivity contribution in [3.63, 3.8) is 0 Å². The zero-order chi connectivity index (χ0) is 20.2. The minimum Gasteiger partial charge on any atom is -0.272 e. The third kappa shape index (κ3) is 5.15. The van der Waals surface area contributed by atoms with Crippen molar-refractivity contribution in [1.82, 2.24) is 15.2 Å². The Hall–Kier alpha value is -2.23. The minimum atomic E-state index is -3.79. The Kier molecular flexibility index (Phi) is 6.74. The molecular formula is C18H23N3O4S2. The summed E-state index contributed by atoms with van der Waals surface area (Å²) in [6.45, 7) is 5.38. The molecule has 146 valence electrons. The number of benzene rings is 1. The van der Waals surface area contributed by atoms with Gasteiger partial charge in [0.05, 0.1) is 16.3 Å². The van der Waals surface area contributed by atoms with Crippen molar-refractivity contribution >= 4 is 33.2 Å². The van der Waals surface area contributed by atoms with Crippen LogP contribution >= 0.6 is 11.3 Å². The molecule has 9 heteroatoms. The lowest BCUT2D eigenvalue weighted by Crippen LogP contribution is -2.46. The van der Waals surface area contributed by atoms with Gasteiger partial charge in [0.2, 0.25) is 10.0 Å². The Balaban J connectivity index is 1.94. The maximum Gasteiger partial charge on any atom is 0.279 e. The van der Waals surface area contributed by atoms with Crippen LogP contribution < -0.4 is 10.9 Å². The molecule has 0 fully saturated rings. The van der Waals surface area contributed by atoms with Crippen LogP contribution in [-0.4, -0.2) is 38.1 Å². The number of amides is 2. The normalized spacial score (nSPS) is 11.4. The molecule has 1 heterocycles. The van der Waals surface area contributed by atoms with E-state index in [9.17, 15) is 18.0 Å². The highest BCUT2D eigenvalue weighted by Gasteiger charge is 2.23. The first-order valence-corrected chi connectivity index (χ1v) is 10.6. The Bertz CT molecular complexity index is 934. The van der Waals surface area contributed by atoms with Crippen LogP contribution in [0.3, 0.4) is 0 Å². The molecule has 0 radical (unpaired) electrons. The fraction of sp³-hybridized carbons (Fsp3) is 0.333. The smallest absolute Gasteiger partial charge is 0.272 e. The number of thiophene rings is 1. The number of carbonyl (C=O) groups excluding carboxylic acids is 2. The third-order valence-electron chi connectivity index (χ3n) is 4.04. The fourth-order valence-electron chi connectivity index (χ4n) is 2.39. The number of sulfonamides is 1. The SMILES string of the molecule is CCc1cc(C(=O)NNC(=O)CN(C)S(=O)(=O)c2ccc(C)cc2)sc1C. The topological polar surface area (TPSA) is 95.6 Å². The summed E-state index contributed by atoms with van der Waals surface area (Å²) in [7, 11) is -2.47. The summed E-state index contributed by atoms with van der Waals surface area (Å²) in [6.07, 6.45) is 0.823. The summed E-state index contributed by atoms with van der Waals surface area (Å²) in [6, 6.07) is 8.15. The third-order valence-corrected chi connectivity index (χ3v) is 6.95. The maximum atomic E-state index is 12.5. The molecule has 1 aromatic carbocycles. The number of rotatable bonds is 6. The van der Waals surface area contributed by atoms with E-state index in [1.807, 2.05) is 20.8 Å². The molecule has 0 atom stereocenters. The molecule has 0 unspecified atom stereocenters. The van der Waals surface area contributed by atoms with Gasteiger partial charge in [0, 0.05) is 11.9 Å². The summed E-state index contributed by atoms with van der Waals surface area (Å²) >= 11 is 1.35. The monoisotopic (exact) mass is 409 g/mol. The number of likely N-dealkylation sites (N-methyl/N-ethyl adjacent to an activating group) is 1. The average Bonchev–Trinajstić information content (AvgIpc) is 3.01. The van der Waals surface area contributed by atoms with Gasteiger partial charge in [0.1, 0.15) is 0 Å². The Morgan fingerprint density at radius 1 is 1.11 bits per heavy atom. The number of nitrogens with one attached hydrogen (secondary N) is 2. The van der Waals surface area contributed by atoms with Crippen molar-refractivity contribution in [2.24, 2.45) is 0 Å². The van der Waals surface area contributed by atoms with Gasteiger partial charge in [-0.05, 0) is 44.0 Å². The minimum absolute atomic E-state index is 0.105. The molecule has 0 saturated carbocycles. The van der Waals surface area contributed by atoms with E-state index in [-0.39, 0.29) is 4.90 Å². The Labute approximate surface area is 163 Å². The molecule has 2 amide bonds. The summed E-state index contributed by atoms with van der Waals surface area (Å²) in [5.41, 5.74) is 6.59. The molecule has 0 aliphatic carbocycles. The lowest BCUT2D eigenvalue weighted by Gasteiger charge is -2.17. The standard InChI is InChI=1S/C18H23N3O4S2/c1-5-14-10-16(26-13(14)3)18(23)20-19-17(22)11-21(4)27(24,25)15-8-6-12(2)7-9-15/h6-10H,5,11H2,1-4H3,(H,19,22)(H,20,23). The predicted octanol–water partition coefficient (Wildman–Crippen LogP) is 2.01. The van der Waals surface area contributed by atoms with E-state index in [0.29, 0.717) is 4.88 Å². The van der Waals surface area contributed by atoms with E-state index in [1.165, 1.54) is 30.5 Å². The van der Waals surface area contributed by atoms with Crippen molar-refractivity contribution < 1.29 is 18.0 Å². The van der Waals surface area contributed by atoms with E-state index in [0.717, 1.165) is 26.7 Å². The number of aryl methyl sites for hydroxylation is 3. The molecule has 0 aliphatic heterocycles. The van der Waals surface area contributed by atoms with Crippen LogP contribution in [0.5, 0.6) is 0 Å². The molecule has 1 aromatic heterocycles. The number of hydrogen-bond acceptors (Lipinski definition) is 5. The fourth-order valence-corrected chi connectivity index (χ4v) is 4.52. The zero-order valence-electron chi connectivity index (χ0n) is 15.7. The van der Waals surface area contributed by atoms with E-state index in [2.05, 4.69) is 10.9 Å². The highest BCUT2D eigenvalue weighted by Crippen LogP contribution is 2.21. The summed E-state index contributed by atoms with van der Waals surface area (Å²) in [5.74, 6) is -1.06. The molecule has 2 aromatic rings. The van der Waals surface area contributed by atoms with Crippen LogP contribution in [0.2, 0.25) is 0 Å². The highest BCUT2D eigenvalue weighted by molar-refractivity contribution is 7.89. The molecule has 7 nitrogen and oxygen atoms in total. The Morgan fingerprint density at radius 2 is 1.74 bits per heavy atom. The van der Waals surface area contributed by atoms with Crippen LogP contribution in [0.4, 0.5) is 0 Å². The van der Waals surface area contributed by atoms with Crippen molar-refractivity contribution in [1.29, 1.82) is 0 Å². The van der Waals surface area contributed by atoms with E-state index in [4.69, 9.17) is 0 Å². The van der Waals surface area contributed by atoms with Gasteiger partial charge >= 0.3 is 0 Å². The molecule has 2 rings (SSSR count). The maximum absolute atomic E-state index is 12.5. The van der Waals surface area contributed by atoms with Crippen LogP contribution in [0.1, 0.15) is 32.6 Å². The lowest BCUT2D eigenvalue weighted by atomic mass is 10.2. The first-order valence-electron chi connectivity index (χ1n) is 8.36. The number of carbonyl (C=O) groups is 2. The van der Waals surface area contributed by atoms with E-state index >= 15 is 0 Å². The first kappa shape index (κ1) is 21.1. The second kappa shape index (κ2) is 8.64.